The van der Waals surface area contributed by atoms with Crippen molar-refractivity contribution in [1.82, 2.24) is 0 Å². The maximum Gasteiger partial charge on any atom is 0.335 e. The highest BCUT2D eigenvalue weighted by molar-refractivity contribution is 5.87. The molecule has 0 saturated carbocycles. The van der Waals surface area contributed by atoms with Crippen molar-refractivity contribution in [2.45, 2.75) is 6.92 Å². The van der Waals surface area contributed by atoms with Gasteiger partial charge >= 0.3 is 5.97 Å². The zero-order chi connectivity index (χ0) is 16.2. The van der Waals surface area contributed by atoms with Crippen LogP contribution in [0.4, 0.5) is 0 Å². The Morgan fingerprint density at radius 3 is 2.65 bits per heavy atom. The van der Waals surface area contributed by atoms with Crippen LogP contribution in [0.2, 0.25) is 0 Å². The van der Waals surface area contributed by atoms with Crippen molar-refractivity contribution >= 4 is 16.9 Å². The number of fused-ring (bicyclic) bond motifs is 1. The normalized spacial score (nSPS) is 10.5. The van der Waals surface area contributed by atoms with E-state index in [0.29, 0.717) is 16.9 Å². The van der Waals surface area contributed by atoms with Crippen LogP contribution in [-0.4, -0.2) is 12.8 Å². The molecule has 1 aromatic heterocycles. The quantitative estimate of drug-likeness (QED) is 0.394. The average Bonchev–Trinajstić information content (AvgIpc) is 2.98. The van der Waals surface area contributed by atoms with Gasteiger partial charge in [-0.3, -0.25) is 0 Å². The molecule has 0 radical (unpaired) electrons. The summed E-state index contributed by atoms with van der Waals surface area (Å²) < 4.78 is 16.2. The molecule has 23 heavy (non-hydrogen) atoms. The van der Waals surface area contributed by atoms with Crippen molar-refractivity contribution in [2.75, 3.05) is 6.79 Å². The average molecular weight is 308 g/mol. The van der Waals surface area contributed by atoms with Gasteiger partial charge in [-0.05, 0) is 25.1 Å². The predicted molar refractivity (Wildman–Crippen MR) is 88.1 cm³/mol. The maximum absolute atomic E-state index is 11.3. The lowest BCUT2D eigenvalue weighted by atomic mass is 10.1. The Morgan fingerprint density at radius 1 is 1.13 bits per heavy atom. The predicted octanol–water partition coefficient (Wildman–Crippen LogP) is 4.56. The molecule has 2 aromatic carbocycles. The number of furan rings is 1. The minimum atomic E-state index is -0.476. The molecule has 0 atom stereocenters. The Morgan fingerprint density at radius 2 is 1.91 bits per heavy atom. The highest BCUT2D eigenvalue weighted by atomic mass is 16.7. The summed E-state index contributed by atoms with van der Waals surface area (Å²) in [7, 11) is 0. The second-order valence-corrected chi connectivity index (χ2v) is 5.15. The van der Waals surface area contributed by atoms with E-state index in [1.807, 2.05) is 42.5 Å². The fraction of sp³-hybridized carbons (Fsp3) is 0.105. The standard InChI is InChI=1S/C19H16O4/c1-13(2)19(20)22-12-21-16-9-8-15-10-17(23-18(15)11-16)14-6-4-3-5-7-14/h3-11H,1,12H2,2H3. The van der Waals surface area contributed by atoms with Gasteiger partial charge in [-0.25, -0.2) is 4.79 Å². The van der Waals surface area contributed by atoms with Crippen molar-refractivity contribution < 1.29 is 18.7 Å². The first-order valence-electron chi connectivity index (χ1n) is 7.18. The molecule has 0 bridgehead atoms. The molecule has 0 fully saturated rings. The first-order chi connectivity index (χ1) is 11.1. The number of carbonyl (C=O) groups is 1. The smallest absolute Gasteiger partial charge is 0.335 e. The zero-order valence-corrected chi connectivity index (χ0v) is 12.7. The van der Waals surface area contributed by atoms with Gasteiger partial charge < -0.3 is 13.9 Å². The van der Waals surface area contributed by atoms with E-state index in [1.165, 1.54) is 0 Å². The summed E-state index contributed by atoms with van der Waals surface area (Å²) in [5.41, 5.74) is 2.07. The number of benzene rings is 2. The molecular formula is C19H16O4. The van der Waals surface area contributed by atoms with E-state index < -0.39 is 5.97 Å². The van der Waals surface area contributed by atoms with Crippen LogP contribution in [0.25, 0.3) is 22.3 Å². The Labute approximate surface area is 133 Å². The highest BCUT2D eigenvalue weighted by Crippen LogP contribution is 2.30. The van der Waals surface area contributed by atoms with Crippen LogP contribution in [-0.2, 0) is 9.53 Å². The van der Waals surface area contributed by atoms with E-state index in [9.17, 15) is 4.79 Å². The molecule has 0 unspecified atom stereocenters. The number of ether oxygens (including phenoxy) is 2. The van der Waals surface area contributed by atoms with Gasteiger partial charge in [0.05, 0.1) is 0 Å². The van der Waals surface area contributed by atoms with Crippen LogP contribution < -0.4 is 4.74 Å². The van der Waals surface area contributed by atoms with Gasteiger partial charge in [-0.2, -0.15) is 0 Å². The summed E-state index contributed by atoms with van der Waals surface area (Å²) in [6.45, 7) is 4.93. The Bertz CT molecular complexity index is 846. The SMILES string of the molecule is C=C(C)C(=O)OCOc1ccc2cc(-c3ccccc3)oc2c1. The maximum atomic E-state index is 11.3. The van der Waals surface area contributed by atoms with Gasteiger partial charge in [-0.1, -0.05) is 36.9 Å². The summed E-state index contributed by atoms with van der Waals surface area (Å²) in [6.07, 6.45) is 0. The minimum Gasteiger partial charge on any atom is -0.457 e. The van der Waals surface area contributed by atoms with Gasteiger partial charge in [0.2, 0.25) is 6.79 Å². The Balaban J connectivity index is 1.74. The summed E-state index contributed by atoms with van der Waals surface area (Å²) in [4.78, 5) is 11.3. The largest absolute Gasteiger partial charge is 0.457 e. The monoisotopic (exact) mass is 308 g/mol. The number of esters is 1. The molecule has 4 heteroatoms. The van der Waals surface area contributed by atoms with Crippen LogP contribution in [0.3, 0.4) is 0 Å². The third-order valence-corrected chi connectivity index (χ3v) is 3.31. The molecule has 0 amide bonds. The third kappa shape index (κ3) is 3.43. The van der Waals surface area contributed by atoms with Crippen LogP contribution in [0.15, 0.2) is 71.2 Å². The van der Waals surface area contributed by atoms with E-state index in [1.54, 1.807) is 19.1 Å². The lowest BCUT2D eigenvalue weighted by Gasteiger charge is -2.06. The van der Waals surface area contributed by atoms with Gasteiger partial charge in [0.25, 0.3) is 0 Å². The molecule has 0 aliphatic carbocycles. The molecule has 0 N–H and O–H groups in total. The summed E-state index contributed by atoms with van der Waals surface area (Å²) >= 11 is 0. The van der Waals surface area contributed by atoms with Crippen molar-refractivity contribution in [3.63, 3.8) is 0 Å². The summed E-state index contributed by atoms with van der Waals surface area (Å²) in [5, 5.41) is 0.982. The lowest BCUT2D eigenvalue weighted by molar-refractivity contribution is -0.145. The fourth-order valence-corrected chi connectivity index (χ4v) is 2.12. The number of hydrogen-bond acceptors (Lipinski definition) is 4. The molecule has 4 nitrogen and oxygen atoms in total. The van der Waals surface area contributed by atoms with E-state index in [-0.39, 0.29) is 6.79 Å². The van der Waals surface area contributed by atoms with Crippen molar-refractivity contribution in [3.05, 3.63) is 66.7 Å². The van der Waals surface area contributed by atoms with Gasteiger partial charge in [0.15, 0.2) is 0 Å². The molecule has 0 aliphatic heterocycles. The van der Waals surface area contributed by atoms with Crippen LogP contribution in [0, 0.1) is 0 Å². The zero-order valence-electron chi connectivity index (χ0n) is 12.7. The van der Waals surface area contributed by atoms with Crippen LogP contribution in [0.1, 0.15) is 6.92 Å². The molecule has 3 aromatic rings. The Kier molecular flexibility index (Phi) is 4.15. The van der Waals surface area contributed by atoms with Gasteiger partial charge in [-0.15, -0.1) is 0 Å². The second-order valence-electron chi connectivity index (χ2n) is 5.15. The second kappa shape index (κ2) is 6.40. The van der Waals surface area contributed by atoms with E-state index >= 15 is 0 Å². The molecule has 0 aliphatic rings. The lowest BCUT2D eigenvalue weighted by Crippen LogP contribution is -2.10. The Hall–Kier alpha value is -3.01. The summed E-state index contributed by atoms with van der Waals surface area (Å²) in [5.74, 6) is 0.892. The number of carbonyl (C=O) groups excluding carboxylic acids is 1. The van der Waals surface area contributed by atoms with Crippen LogP contribution in [0.5, 0.6) is 5.75 Å². The van der Waals surface area contributed by atoms with Crippen LogP contribution >= 0.6 is 0 Å². The number of rotatable bonds is 5. The van der Waals surface area contributed by atoms with Crippen molar-refractivity contribution in [1.29, 1.82) is 0 Å². The van der Waals surface area contributed by atoms with Crippen molar-refractivity contribution in [3.8, 4) is 17.1 Å². The molecule has 1 heterocycles. The fourth-order valence-electron chi connectivity index (χ4n) is 2.12. The van der Waals surface area contributed by atoms with Crippen molar-refractivity contribution in [2.24, 2.45) is 0 Å². The number of hydrogen-bond donors (Lipinski definition) is 0. The van der Waals surface area contributed by atoms with Gasteiger partial charge in [0.1, 0.15) is 17.1 Å². The molecular weight excluding hydrogens is 292 g/mol. The molecule has 0 saturated heterocycles. The minimum absolute atomic E-state index is 0.163. The first kappa shape index (κ1) is 14.9. The van der Waals surface area contributed by atoms with E-state index in [4.69, 9.17) is 13.9 Å². The van der Waals surface area contributed by atoms with E-state index in [0.717, 1.165) is 16.7 Å². The van der Waals surface area contributed by atoms with E-state index in [2.05, 4.69) is 6.58 Å². The highest BCUT2D eigenvalue weighted by Gasteiger charge is 2.08. The molecule has 116 valence electrons. The third-order valence-electron chi connectivity index (χ3n) is 3.31. The molecule has 3 rings (SSSR count). The molecule has 0 spiro atoms. The first-order valence-corrected chi connectivity index (χ1v) is 7.18. The topological polar surface area (TPSA) is 48.7 Å². The van der Waals surface area contributed by atoms with Gasteiger partial charge in [0, 0.05) is 22.6 Å². The summed E-state index contributed by atoms with van der Waals surface area (Å²) in [6, 6.07) is 17.3.